The van der Waals surface area contributed by atoms with Crippen LogP contribution in [0.2, 0.25) is 0 Å². The minimum Gasteiger partial charge on any atom is -0.341 e. The summed E-state index contributed by atoms with van der Waals surface area (Å²) in [5.74, 6) is -0.316. The second kappa shape index (κ2) is 7.14. The Morgan fingerprint density at radius 3 is 2.81 bits per heavy atom. The monoisotopic (exact) mass is 395 g/mol. The van der Waals surface area contributed by atoms with Crippen LogP contribution in [0.1, 0.15) is 32.1 Å². The van der Waals surface area contributed by atoms with Gasteiger partial charge < -0.3 is 10.2 Å². The van der Waals surface area contributed by atoms with Crippen LogP contribution in [0.25, 0.3) is 0 Å². The number of nitrogens with zero attached hydrogens (tertiary/aromatic N) is 1. The molecule has 3 aliphatic rings. The molecule has 2 saturated heterocycles. The topological polar surface area (TPSA) is 78.5 Å². The van der Waals surface area contributed by atoms with E-state index in [0.717, 1.165) is 44.8 Å². The molecule has 1 aromatic rings. The summed E-state index contributed by atoms with van der Waals surface area (Å²) in [5, 5.41) is 3.34. The SMILES string of the molecule is O=C(C1CC12CCNCC2)N1CCCC(NS(=O)(=O)c2cccc(F)c2)C1. The summed E-state index contributed by atoms with van der Waals surface area (Å²) in [7, 11) is -3.80. The first-order valence-electron chi connectivity index (χ1n) is 9.67. The van der Waals surface area contributed by atoms with Gasteiger partial charge in [-0.05, 0) is 68.8 Å². The Labute approximate surface area is 159 Å². The smallest absolute Gasteiger partial charge is 0.240 e. The standard InChI is InChI=1S/C19H26FN3O3S/c20-14-3-1-5-16(11-14)27(25,26)22-15-4-2-10-23(13-15)18(24)17-12-19(17)6-8-21-9-7-19/h1,3,5,11,15,17,21-22H,2,4,6-10,12-13H2. The fourth-order valence-corrected chi connectivity index (χ4v) is 5.88. The third-order valence-electron chi connectivity index (χ3n) is 6.25. The number of amides is 1. The summed E-state index contributed by atoms with van der Waals surface area (Å²) in [6, 6.07) is 4.65. The summed E-state index contributed by atoms with van der Waals surface area (Å²) in [6.07, 6.45) is 4.50. The van der Waals surface area contributed by atoms with Crippen molar-refractivity contribution in [3.05, 3.63) is 30.1 Å². The van der Waals surface area contributed by atoms with E-state index in [1.807, 2.05) is 4.90 Å². The van der Waals surface area contributed by atoms with Gasteiger partial charge in [-0.2, -0.15) is 0 Å². The molecule has 3 fully saturated rings. The number of piperidine rings is 2. The molecule has 1 spiro atoms. The lowest BCUT2D eigenvalue weighted by molar-refractivity contribution is -0.134. The summed E-state index contributed by atoms with van der Waals surface area (Å²) >= 11 is 0. The van der Waals surface area contributed by atoms with Gasteiger partial charge >= 0.3 is 0 Å². The van der Waals surface area contributed by atoms with Crippen molar-refractivity contribution in [2.45, 2.75) is 43.0 Å². The van der Waals surface area contributed by atoms with Crippen molar-refractivity contribution in [3.8, 4) is 0 Å². The van der Waals surface area contributed by atoms with Crippen LogP contribution in [0.5, 0.6) is 0 Å². The molecule has 8 heteroatoms. The van der Waals surface area contributed by atoms with Crippen molar-refractivity contribution in [1.29, 1.82) is 0 Å². The third kappa shape index (κ3) is 3.88. The van der Waals surface area contributed by atoms with E-state index in [2.05, 4.69) is 10.0 Å². The van der Waals surface area contributed by atoms with Crippen LogP contribution in [0.4, 0.5) is 4.39 Å². The molecular weight excluding hydrogens is 369 g/mol. The van der Waals surface area contributed by atoms with Crippen LogP contribution in [-0.2, 0) is 14.8 Å². The number of hydrogen-bond donors (Lipinski definition) is 2. The molecule has 2 atom stereocenters. The Kier molecular flexibility index (Phi) is 4.98. The first kappa shape index (κ1) is 18.8. The highest BCUT2D eigenvalue weighted by Crippen LogP contribution is 2.59. The Hall–Kier alpha value is -1.51. The zero-order valence-corrected chi connectivity index (χ0v) is 16.1. The van der Waals surface area contributed by atoms with Crippen molar-refractivity contribution in [2.24, 2.45) is 11.3 Å². The van der Waals surface area contributed by atoms with Crippen LogP contribution >= 0.6 is 0 Å². The maximum atomic E-state index is 13.4. The second-order valence-electron chi connectivity index (χ2n) is 8.07. The Morgan fingerprint density at radius 1 is 1.30 bits per heavy atom. The van der Waals surface area contributed by atoms with Gasteiger partial charge in [-0.1, -0.05) is 6.07 Å². The van der Waals surface area contributed by atoms with Gasteiger partial charge in [-0.25, -0.2) is 17.5 Å². The molecule has 2 heterocycles. The van der Waals surface area contributed by atoms with Crippen LogP contribution in [-0.4, -0.2) is 51.4 Å². The van der Waals surface area contributed by atoms with E-state index in [4.69, 9.17) is 0 Å². The lowest BCUT2D eigenvalue weighted by Gasteiger charge is -2.34. The van der Waals surface area contributed by atoms with Gasteiger partial charge in [0.2, 0.25) is 15.9 Å². The van der Waals surface area contributed by atoms with Crippen molar-refractivity contribution < 1.29 is 17.6 Å². The molecule has 1 saturated carbocycles. The zero-order chi connectivity index (χ0) is 19.1. The average Bonchev–Trinajstić information content (AvgIpc) is 3.34. The van der Waals surface area contributed by atoms with Gasteiger partial charge in [0.05, 0.1) is 4.90 Å². The molecule has 2 unspecified atom stereocenters. The van der Waals surface area contributed by atoms with E-state index in [-0.39, 0.29) is 28.2 Å². The maximum Gasteiger partial charge on any atom is 0.240 e. The summed E-state index contributed by atoms with van der Waals surface area (Å²) in [4.78, 5) is 14.7. The van der Waals surface area contributed by atoms with Crippen LogP contribution < -0.4 is 10.0 Å². The number of benzene rings is 1. The quantitative estimate of drug-likeness (QED) is 0.810. The van der Waals surface area contributed by atoms with Crippen molar-refractivity contribution in [3.63, 3.8) is 0 Å². The largest absolute Gasteiger partial charge is 0.341 e. The molecule has 1 aromatic carbocycles. The minimum absolute atomic E-state index is 0.0817. The fraction of sp³-hybridized carbons (Fsp3) is 0.632. The number of likely N-dealkylation sites (tertiary alicyclic amines) is 1. The van der Waals surface area contributed by atoms with E-state index in [0.29, 0.717) is 19.5 Å². The van der Waals surface area contributed by atoms with Gasteiger partial charge in [-0.3, -0.25) is 4.79 Å². The van der Waals surface area contributed by atoms with E-state index >= 15 is 0 Å². The third-order valence-corrected chi connectivity index (χ3v) is 7.77. The average molecular weight is 396 g/mol. The molecule has 0 aromatic heterocycles. The molecule has 4 rings (SSSR count). The maximum absolute atomic E-state index is 13.4. The second-order valence-corrected chi connectivity index (χ2v) is 9.79. The van der Waals surface area contributed by atoms with Gasteiger partial charge in [0.1, 0.15) is 5.82 Å². The van der Waals surface area contributed by atoms with Crippen molar-refractivity contribution >= 4 is 15.9 Å². The van der Waals surface area contributed by atoms with Crippen LogP contribution in [0.3, 0.4) is 0 Å². The number of nitrogens with one attached hydrogen (secondary N) is 2. The number of hydrogen-bond acceptors (Lipinski definition) is 4. The molecule has 148 valence electrons. The normalized spacial score (nSPS) is 27.5. The van der Waals surface area contributed by atoms with E-state index < -0.39 is 15.8 Å². The highest BCUT2D eigenvalue weighted by atomic mass is 32.2. The van der Waals surface area contributed by atoms with Crippen molar-refractivity contribution in [1.82, 2.24) is 14.9 Å². The number of rotatable bonds is 4. The summed E-state index contributed by atoms with van der Waals surface area (Å²) in [5.41, 5.74) is 0.177. The first-order valence-corrected chi connectivity index (χ1v) is 11.2. The first-order chi connectivity index (χ1) is 12.9. The molecule has 2 aliphatic heterocycles. The zero-order valence-electron chi connectivity index (χ0n) is 15.3. The van der Waals surface area contributed by atoms with Crippen LogP contribution in [0, 0.1) is 17.2 Å². The summed E-state index contributed by atoms with van der Waals surface area (Å²) in [6.45, 7) is 3.01. The molecule has 0 bridgehead atoms. The van der Waals surface area contributed by atoms with Gasteiger partial charge in [0.15, 0.2) is 0 Å². The predicted octanol–water partition coefficient (Wildman–Crippen LogP) is 1.48. The highest BCUT2D eigenvalue weighted by molar-refractivity contribution is 7.89. The molecule has 0 radical (unpaired) electrons. The number of halogens is 1. The number of carbonyl (C=O) groups excluding carboxylic acids is 1. The van der Waals surface area contributed by atoms with Gasteiger partial charge in [-0.15, -0.1) is 0 Å². The highest BCUT2D eigenvalue weighted by Gasteiger charge is 2.58. The Balaban J connectivity index is 1.39. The van der Waals surface area contributed by atoms with E-state index in [1.165, 1.54) is 18.2 Å². The molecule has 1 aliphatic carbocycles. The minimum atomic E-state index is -3.80. The molecule has 27 heavy (non-hydrogen) atoms. The van der Waals surface area contributed by atoms with Gasteiger partial charge in [0.25, 0.3) is 0 Å². The van der Waals surface area contributed by atoms with Gasteiger partial charge in [0, 0.05) is 25.0 Å². The molecule has 2 N–H and O–H groups in total. The lowest BCUT2D eigenvalue weighted by atomic mass is 9.91. The number of carbonyl (C=O) groups is 1. The molecule has 6 nitrogen and oxygen atoms in total. The van der Waals surface area contributed by atoms with Crippen molar-refractivity contribution in [2.75, 3.05) is 26.2 Å². The van der Waals surface area contributed by atoms with Crippen LogP contribution in [0.15, 0.2) is 29.2 Å². The molecule has 1 amide bonds. The van der Waals surface area contributed by atoms with E-state index in [1.54, 1.807) is 0 Å². The predicted molar refractivity (Wildman–Crippen MR) is 99.0 cm³/mol. The van der Waals surface area contributed by atoms with E-state index in [9.17, 15) is 17.6 Å². The fourth-order valence-electron chi connectivity index (χ4n) is 4.59. The summed E-state index contributed by atoms with van der Waals surface area (Å²) < 4.78 is 41.1. The lowest BCUT2D eigenvalue weighted by Crippen LogP contribution is -2.50. The number of sulfonamides is 1. The Bertz CT molecular complexity index is 823. The molecular formula is C19H26FN3O3S. The Morgan fingerprint density at radius 2 is 2.07 bits per heavy atom.